The summed E-state index contributed by atoms with van der Waals surface area (Å²) in [6.45, 7) is 4.74. The van der Waals surface area contributed by atoms with Crippen LogP contribution in [-0.4, -0.2) is 40.3 Å². The minimum absolute atomic E-state index is 0.0233. The summed E-state index contributed by atoms with van der Waals surface area (Å²) in [4.78, 5) is 23.6. The number of carbonyl (C=O) groups is 2. The van der Waals surface area contributed by atoms with Gasteiger partial charge in [-0.1, -0.05) is 18.2 Å². The molecule has 0 aliphatic heterocycles. The Hall–Kier alpha value is -3.13. The SMILES string of the molecule is C=CCNC(=O)CN(c1ccc(OC)cc1)S(=O)(=O)c1ccc(C(C)=O)cc1. The summed E-state index contributed by atoms with van der Waals surface area (Å²) in [7, 11) is -2.54. The van der Waals surface area contributed by atoms with Crippen molar-refractivity contribution in [1.82, 2.24) is 5.32 Å². The molecule has 148 valence electrons. The van der Waals surface area contributed by atoms with Crippen molar-refractivity contribution in [2.24, 2.45) is 0 Å². The number of rotatable bonds is 9. The Labute approximate surface area is 164 Å². The van der Waals surface area contributed by atoms with E-state index in [0.29, 0.717) is 17.0 Å². The molecule has 0 bridgehead atoms. The number of nitrogens with zero attached hydrogens (tertiary/aromatic N) is 1. The fourth-order valence-electron chi connectivity index (χ4n) is 2.42. The van der Waals surface area contributed by atoms with E-state index in [0.717, 1.165) is 4.31 Å². The molecule has 0 fully saturated rings. The molecule has 1 N–H and O–H groups in total. The van der Waals surface area contributed by atoms with Gasteiger partial charge in [0.15, 0.2) is 5.78 Å². The molecule has 0 atom stereocenters. The quantitative estimate of drug-likeness (QED) is 0.514. The number of sulfonamides is 1. The van der Waals surface area contributed by atoms with Gasteiger partial charge in [-0.3, -0.25) is 13.9 Å². The molecule has 0 aliphatic rings. The number of amides is 1. The number of hydrogen-bond donors (Lipinski definition) is 1. The number of ether oxygens (including phenoxy) is 1. The number of methoxy groups -OCH3 is 1. The van der Waals surface area contributed by atoms with Crippen LogP contribution in [0.4, 0.5) is 5.69 Å². The van der Waals surface area contributed by atoms with Gasteiger partial charge in [-0.2, -0.15) is 0 Å². The largest absolute Gasteiger partial charge is 0.497 e. The van der Waals surface area contributed by atoms with Crippen molar-refractivity contribution in [2.45, 2.75) is 11.8 Å². The first-order valence-corrected chi connectivity index (χ1v) is 9.89. The highest BCUT2D eigenvalue weighted by molar-refractivity contribution is 7.92. The summed E-state index contributed by atoms with van der Waals surface area (Å²) in [5.41, 5.74) is 0.712. The number of anilines is 1. The maximum absolute atomic E-state index is 13.2. The van der Waals surface area contributed by atoms with Crippen LogP contribution in [0.1, 0.15) is 17.3 Å². The van der Waals surface area contributed by atoms with Crippen LogP contribution >= 0.6 is 0 Å². The molecule has 0 saturated carbocycles. The number of benzene rings is 2. The molecule has 0 unspecified atom stereocenters. The standard InChI is InChI=1S/C20H22N2O5S/c1-4-13-21-20(24)14-22(17-7-9-18(27-3)10-8-17)28(25,26)19-11-5-16(6-12-19)15(2)23/h4-12H,1,13-14H2,2-3H3,(H,21,24). The predicted octanol–water partition coefficient (Wildman–Crippen LogP) is 2.40. The first-order chi connectivity index (χ1) is 13.3. The molecule has 2 aromatic rings. The molecule has 1 amide bonds. The topological polar surface area (TPSA) is 92.8 Å². The first kappa shape index (κ1) is 21.2. The number of nitrogens with one attached hydrogen (secondary N) is 1. The van der Waals surface area contributed by atoms with E-state index in [1.165, 1.54) is 44.4 Å². The predicted molar refractivity (Wildman–Crippen MR) is 107 cm³/mol. The Morgan fingerprint density at radius 3 is 2.21 bits per heavy atom. The average molecular weight is 402 g/mol. The minimum Gasteiger partial charge on any atom is -0.497 e. The van der Waals surface area contributed by atoms with Crippen molar-refractivity contribution >= 4 is 27.4 Å². The summed E-state index contributed by atoms with van der Waals surface area (Å²) >= 11 is 0. The van der Waals surface area contributed by atoms with Crippen LogP contribution in [0.25, 0.3) is 0 Å². The van der Waals surface area contributed by atoms with E-state index in [9.17, 15) is 18.0 Å². The highest BCUT2D eigenvalue weighted by Crippen LogP contribution is 2.26. The lowest BCUT2D eigenvalue weighted by Crippen LogP contribution is -2.40. The molecule has 8 heteroatoms. The molecule has 0 saturated heterocycles. The summed E-state index contributed by atoms with van der Waals surface area (Å²) in [5.74, 6) is -0.0811. The molecule has 0 aromatic heterocycles. The highest BCUT2D eigenvalue weighted by atomic mass is 32.2. The van der Waals surface area contributed by atoms with Crippen molar-refractivity contribution < 1.29 is 22.7 Å². The summed E-state index contributed by atoms with van der Waals surface area (Å²) < 4.78 is 32.5. The third kappa shape index (κ3) is 4.98. The van der Waals surface area contributed by atoms with Gasteiger partial charge >= 0.3 is 0 Å². The monoisotopic (exact) mass is 402 g/mol. The molecule has 2 aromatic carbocycles. The number of Topliss-reactive ketones (excluding diaryl/α,β-unsaturated/α-hetero) is 1. The molecule has 2 rings (SSSR count). The van der Waals surface area contributed by atoms with E-state index < -0.39 is 22.5 Å². The van der Waals surface area contributed by atoms with Crippen LogP contribution < -0.4 is 14.4 Å². The van der Waals surface area contributed by atoms with Crippen LogP contribution in [0.15, 0.2) is 66.1 Å². The lowest BCUT2D eigenvalue weighted by Gasteiger charge is -2.24. The van der Waals surface area contributed by atoms with Gasteiger partial charge in [-0.05, 0) is 43.3 Å². The van der Waals surface area contributed by atoms with Crippen LogP contribution in [0, 0.1) is 0 Å². The second-order valence-electron chi connectivity index (χ2n) is 5.88. The zero-order valence-electron chi connectivity index (χ0n) is 15.7. The second-order valence-corrected chi connectivity index (χ2v) is 7.75. The van der Waals surface area contributed by atoms with Gasteiger partial charge in [-0.15, -0.1) is 6.58 Å². The minimum atomic E-state index is -4.04. The number of ketones is 1. The van der Waals surface area contributed by atoms with Crippen LogP contribution in [0.3, 0.4) is 0 Å². The Morgan fingerprint density at radius 1 is 1.11 bits per heavy atom. The van der Waals surface area contributed by atoms with Crippen LogP contribution in [-0.2, 0) is 14.8 Å². The fourth-order valence-corrected chi connectivity index (χ4v) is 3.85. The molecule has 0 aliphatic carbocycles. The molecule has 7 nitrogen and oxygen atoms in total. The first-order valence-electron chi connectivity index (χ1n) is 8.45. The third-order valence-corrected chi connectivity index (χ3v) is 5.73. The Bertz CT molecular complexity index is 951. The number of carbonyl (C=O) groups excluding carboxylic acids is 2. The zero-order valence-corrected chi connectivity index (χ0v) is 16.5. The molecule has 0 spiro atoms. The lowest BCUT2D eigenvalue weighted by atomic mass is 10.2. The Kier molecular flexibility index (Phi) is 6.94. The number of hydrogen-bond acceptors (Lipinski definition) is 5. The summed E-state index contributed by atoms with van der Waals surface area (Å²) in [6.07, 6.45) is 1.50. The summed E-state index contributed by atoms with van der Waals surface area (Å²) in [5, 5.41) is 2.57. The van der Waals surface area contributed by atoms with Gasteiger partial charge in [0.25, 0.3) is 10.0 Å². The van der Waals surface area contributed by atoms with Crippen molar-refractivity contribution in [3.8, 4) is 5.75 Å². The second kappa shape index (κ2) is 9.18. The Morgan fingerprint density at radius 2 is 1.71 bits per heavy atom. The Balaban J connectivity index is 2.43. The van der Waals surface area contributed by atoms with Gasteiger partial charge < -0.3 is 10.1 Å². The highest BCUT2D eigenvalue weighted by Gasteiger charge is 2.27. The summed E-state index contributed by atoms with van der Waals surface area (Å²) in [6, 6.07) is 11.9. The van der Waals surface area contributed by atoms with E-state index in [4.69, 9.17) is 4.74 Å². The smallest absolute Gasteiger partial charge is 0.264 e. The van der Waals surface area contributed by atoms with E-state index in [-0.39, 0.29) is 17.2 Å². The fraction of sp³-hybridized carbons (Fsp3) is 0.200. The van der Waals surface area contributed by atoms with Crippen LogP contribution in [0.5, 0.6) is 5.75 Å². The van der Waals surface area contributed by atoms with Gasteiger partial charge in [0.1, 0.15) is 12.3 Å². The van der Waals surface area contributed by atoms with Gasteiger partial charge in [0.05, 0.1) is 17.7 Å². The molecular weight excluding hydrogens is 380 g/mol. The van der Waals surface area contributed by atoms with Crippen molar-refractivity contribution in [3.05, 3.63) is 66.7 Å². The maximum atomic E-state index is 13.2. The molecule has 28 heavy (non-hydrogen) atoms. The van der Waals surface area contributed by atoms with Gasteiger partial charge in [0, 0.05) is 12.1 Å². The maximum Gasteiger partial charge on any atom is 0.264 e. The lowest BCUT2D eigenvalue weighted by molar-refractivity contribution is -0.119. The van der Waals surface area contributed by atoms with Crippen molar-refractivity contribution in [1.29, 1.82) is 0 Å². The third-order valence-electron chi connectivity index (χ3n) is 3.94. The molecule has 0 radical (unpaired) electrons. The van der Waals surface area contributed by atoms with E-state index >= 15 is 0 Å². The van der Waals surface area contributed by atoms with E-state index in [1.807, 2.05) is 0 Å². The van der Waals surface area contributed by atoms with Crippen LogP contribution in [0.2, 0.25) is 0 Å². The zero-order chi connectivity index (χ0) is 20.7. The van der Waals surface area contributed by atoms with Gasteiger partial charge in [-0.25, -0.2) is 8.42 Å². The van der Waals surface area contributed by atoms with Crippen molar-refractivity contribution in [2.75, 3.05) is 24.5 Å². The van der Waals surface area contributed by atoms with Gasteiger partial charge in [0.2, 0.25) is 5.91 Å². The van der Waals surface area contributed by atoms with Crippen molar-refractivity contribution in [3.63, 3.8) is 0 Å². The molecular formula is C20H22N2O5S. The molecule has 0 heterocycles. The normalized spacial score (nSPS) is 10.8. The van der Waals surface area contributed by atoms with E-state index in [1.54, 1.807) is 24.3 Å². The van der Waals surface area contributed by atoms with E-state index in [2.05, 4.69) is 11.9 Å². The average Bonchev–Trinajstić information content (AvgIpc) is 2.70.